The van der Waals surface area contributed by atoms with Gasteiger partial charge in [0, 0.05) is 0 Å². The summed E-state index contributed by atoms with van der Waals surface area (Å²) in [6.07, 6.45) is 6.79. The van der Waals surface area contributed by atoms with Crippen molar-refractivity contribution >= 4 is 55.1 Å². The molecule has 0 amide bonds. The van der Waals surface area contributed by atoms with Crippen molar-refractivity contribution in [3.63, 3.8) is 0 Å². The molecule has 41 heavy (non-hydrogen) atoms. The molecule has 0 nitrogen and oxygen atoms in total. The quantitative estimate of drug-likeness (QED) is 0.158. The van der Waals surface area contributed by atoms with Crippen molar-refractivity contribution in [2.45, 2.75) is 34.6 Å². The third-order valence-corrected chi connectivity index (χ3v) is 8.48. The van der Waals surface area contributed by atoms with E-state index in [2.05, 4.69) is 162 Å². The minimum Gasteiger partial charge on any atom is -0.0798 e. The molecule has 0 bridgehead atoms. The van der Waals surface area contributed by atoms with Crippen LogP contribution in [0.5, 0.6) is 0 Å². The van der Waals surface area contributed by atoms with Crippen molar-refractivity contribution in [2.75, 3.05) is 0 Å². The van der Waals surface area contributed by atoms with Gasteiger partial charge in [0.25, 0.3) is 0 Å². The number of allylic oxidation sites excluding steroid dienone is 4. The average molecular weight is 529 g/mol. The number of hydrogen-bond acceptors (Lipinski definition) is 0. The lowest BCUT2D eigenvalue weighted by Gasteiger charge is -2.18. The number of fused-ring (bicyclic) bond motifs is 3. The first-order chi connectivity index (χ1) is 20.0. The van der Waals surface area contributed by atoms with Gasteiger partial charge in [-0.1, -0.05) is 121 Å². The van der Waals surface area contributed by atoms with Gasteiger partial charge in [0.15, 0.2) is 0 Å². The molecular formula is C41H36. The first-order valence-electron chi connectivity index (χ1n) is 14.5. The van der Waals surface area contributed by atoms with Crippen LogP contribution in [-0.4, -0.2) is 0 Å². The largest absolute Gasteiger partial charge is 0.0798 e. The molecule has 0 heteroatoms. The SMILES string of the molecule is C/C=c1/cccc/c1=C(/C)c1c2ccccc2c(/C(C)=C/C=C(\C)c2cc3ccccc3cc2C)c2ccccc12. The predicted octanol–water partition coefficient (Wildman–Crippen LogP) is 9.98. The molecule has 0 aliphatic heterocycles. The van der Waals surface area contributed by atoms with Crippen molar-refractivity contribution in [3.8, 4) is 0 Å². The molecule has 0 atom stereocenters. The highest BCUT2D eigenvalue weighted by Crippen LogP contribution is 2.39. The van der Waals surface area contributed by atoms with Gasteiger partial charge < -0.3 is 0 Å². The Morgan fingerprint density at radius 1 is 0.537 bits per heavy atom. The Labute approximate surface area is 243 Å². The summed E-state index contributed by atoms with van der Waals surface area (Å²) in [7, 11) is 0. The fourth-order valence-corrected chi connectivity index (χ4v) is 6.38. The molecule has 0 saturated carbocycles. The van der Waals surface area contributed by atoms with E-state index in [-0.39, 0.29) is 0 Å². The third-order valence-electron chi connectivity index (χ3n) is 8.48. The van der Waals surface area contributed by atoms with E-state index in [0.717, 1.165) is 0 Å². The van der Waals surface area contributed by atoms with Gasteiger partial charge >= 0.3 is 0 Å². The summed E-state index contributed by atoms with van der Waals surface area (Å²) in [4.78, 5) is 0. The van der Waals surface area contributed by atoms with Crippen LogP contribution in [0.4, 0.5) is 0 Å². The smallest absolute Gasteiger partial charge is 0.00635 e. The van der Waals surface area contributed by atoms with Crippen molar-refractivity contribution in [1.29, 1.82) is 0 Å². The predicted molar refractivity (Wildman–Crippen MR) is 181 cm³/mol. The van der Waals surface area contributed by atoms with Crippen molar-refractivity contribution in [1.82, 2.24) is 0 Å². The van der Waals surface area contributed by atoms with Crippen LogP contribution in [0, 0.1) is 6.92 Å². The fraction of sp³-hybridized carbons (Fsp3) is 0.122. The first kappa shape index (κ1) is 26.5. The molecule has 6 aromatic rings. The monoisotopic (exact) mass is 528 g/mol. The minimum atomic E-state index is 1.27. The van der Waals surface area contributed by atoms with Gasteiger partial charge in [-0.15, -0.1) is 0 Å². The van der Waals surface area contributed by atoms with E-state index in [1.54, 1.807) is 0 Å². The summed E-state index contributed by atoms with van der Waals surface area (Å²) in [5, 5.41) is 10.3. The molecular weight excluding hydrogens is 492 g/mol. The highest BCUT2D eigenvalue weighted by atomic mass is 14.2. The second-order valence-electron chi connectivity index (χ2n) is 11.1. The summed E-state index contributed by atoms with van der Waals surface area (Å²) >= 11 is 0. The first-order valence-corrected chi connectivity index (χ1v) is 14.5. The Kier molecular flexibility index (Phi) is 7.16. The Hall–Kier alpha value is -4.68. The molecule has 0 spiro atoms. The highest BCUT2D eigenvalue weighted by Gasteiger charge is 2.16. The molecule has 0 heterocycles. The summed E-state index contributed by atoms with van der Waals surface area (Å²) in [6, 6.07) is 39.8. The van der Waals surface area contributed by atoms with E-state index in [1.807, 2.05) is 0 Å². The molecule has 0 unspecified atom stereocenters. The van der Waals surface area contributed by atoms with Gasteiger partial charge in [-0.2, -0.15) is 0 Å². The molecule has 0 aromatic heterocycles. The zero-order valence-electron chi connectivity index (χ0n) is 24.6. The number of hydrogen-bond donors (Lipinski definition) is 0. The van der Waals surface area contributed by atoms with Gasteiger partial charge in [-0.25, -0.2) is 0 Å². The zero-order chi connectivity index (χ0) is 28.5. The molecule has 6 aromatic carbocycles. The second-order valence-corrected chi connectivity index (χ2v) is 11.1. The van der Waals surface area contributed by atoms with Crippen molar-refractivity contribution < 1.29 is 0 Å². The summed E-state index contributed by atoms with van der Waals surface area (Å²) in [6.45, 7) is 11.1. The molecule has 0 fully saturated rings. The fourth-order valence-electron chi connectivity index (χ4n) is 6.38. The van der Waals surface area contributed by atoms with Gasteiger partial charge in [0.05, 0.1) is 0 Å². The number of rotatable bonds is 4. The van der Waals surface area contributed by atoms with Crippen LogP contribution in [0.3, 0.4) is 0 Å². The molecule has 200 valence electrons. The lowest BCUT2D eigenvalue weighted by Crippen LogP contribution is -2.26. The number of benzene rings is 6. The Morgan fingerprint density at radius 3 is 1.63 bits per heavy atom. The summed E-state index contributed by atoms with van der Waals surface area (Å²) in [5.41, 5.74) is 9.08. The Balaban J connectivity index is 1.58. The van der Waals surface area contributed by atoms with Crippen LogP contribution >= 0.6 is 0 Å². The van der Waals surface area contributed by atoms with Gasteiger partial charge in [-0.3, -0.25) is 0 Å². The summed E-state index contributed by atoms with van der Waals surface area (Å²) < 4.78 is 0. The van der Waals surface area contributed by atoms with Crippen LogP contribution in [0.1, 0.15) is 49.9 Å². The molecule has 0 aliphatic rings. The zero-order valence-corrected chi connectivity index (χ0v) is 24.6. The van der Waals surface area contributed by atoms with E-state index < -0.39 is 0 Å². The van der Waals surface area contributed by atoms with E-state index in [4.69, 9.17) is 0 Å². The maximum absolute atomic E-state index is 2.32. The Bertz CT molecular complexity index is 2080. The lowest BCUT2D eigenvalue weighted by molar-refractivity contribution is 1.43. The van der Waals surface area contributed by atoms with E-state index in [1.165, 1.54) is 81.7 Å². The lowest BCUT2D eigenvalue weighted by atomic mass is 9.85. The summed E-state index contributed by atoms with van der Waals surface area (Å²) in [5.74, 6) is 0. The molecule has 0 saturated heterocycles. The second kappa shape index (κ2) is 11.1. The van der Waals surface area contributed by atoms with Crippen LogP contribution in [0.25, 0.3) is 55.1 Å². The number of aryl methyl sites for hydroxylation is 1. The standard InChI is InChI=1S/C41H36/c1-6-31-15-9-10-18-34(31)30(5)41-37-21-13-11-19-35(37)40(36-20-12-14-22-38(36)41)28(3)24-23-27(2)39-26-33-17-8-7-16-32(33)25-29(39)4/h6-26H,1-5H3/b27-23+,28-24+,31-6-,34-30+. The van der Waals surface area contributed by atoms with E-state index in [0.29, 0.717) is 0 Å². The molecule has 6 rings (SSSR count). The topological polar surface area (TPSA) is 0 Å². The minimum absolute atomic E-state index is 1.27. The molecule has 0 N–H and O–H groups in total. The van der Waals surface area contributed by atoms with Crippen LogP contribution in [0.2, 0.25) is 0 Å². The van der Waals surface area contributed by atoms with Gasteiger partial charge in [0.2, 0.25) is 0 Å². The average Bonchev–Trinajstić information content (AvgIpc) is 3.01. The van der Waals surface area contributed by atoms with Crippen molar-refractivity contribution in [2.24, 2.45) is 0 Å². The maximum atomic E-state index is 2.32. The maximum Gasteiger partial charge on any atom is -0.00635 e. The highest BCUT2D eigenvalue weighted by molar-refractivity contribution is 6.15. The third kappa shape index (κ3) is 4.81. The van der Waals surface area contributed by atoms with Crippen molar-refractivity contribution in [3.05, 3.63) is 154 Å². The normalized spacial score (nSPS) is 13.8. The van der Waals surface area contributed by atoms with Crippen LogP contribution in [-0.2, 0) is 0 Å². The van der Waals surface area contributed by atoms with Gasteiger partial charge in [-0.05, 0) is 122 Å². The van der Waals surface area contributed by atoms with E-state index >= 15 is 0 Å². The van der Waals surface area contributed by atoms with Gasteiger partial charge in [0.1, 0.15) is 0 Å². The van der Waals surface area contributed by atoms with E-state index in [9.17, 15) is 0 Å². The molecule has 0 aliphatic carbocycles. The Morgan fingerprint density at radius 2 is 1.02 bits per heavy atom. The van der Waals surface area contributed by atoms with Crippen LogP contribution < -0.4 is 10.4 Å². The molecule has 0 radical (unpaired) electrons. The van der Waals surface area contributed by atoms with Crippen LogP contribution in [0.15, 0.2) is 121 Å².